The lowest BCUT2D eigenvalue weighted by atomic mass is 10.1. The zero-order chi connectivity index (χ0) is 14.4. The van der Waals surface area contributed by atoms with Gasteiger partial charge in [-0.3, -0.25) is 4.98 Å². The summed E-state index contributed by atoms with van der Waals surface area (Å²) in [6, 6.07) is 9.23. The number of hydrogen-bond acceptors (Lipinski definition) is 3. The molecule has 0 saturated carbocycles. The van der Waals surface area contributed by atoms with Crippen molar-refractivity contribution in [1.29, 1.82) is 0 Å². The van der Waals surface area contributed by atoms with Crippen LogP contribution in [0.15, 0.2) is 42.7 Å². The fourth-order valence-electron chi connectivity index (χ4n) is 2.09. The summed E-state index contributed by atoms with van der Waals surface area (Å²) >= 11 is 0. The van der Waals surface area contributed by atoms with Crippen LogP contribution >= 0.6 is 0 Å². The van der Waals surface area contributed by atoms with Crippen LogP contribution in [-0.4, -0.2) is 23.5 Å². The fourth-order valence-corrected chi connectivity index (χ4v) is 2.09. The minimum atomic E-state index is -0.177. The Hall–Kier alpha value is -1.78. The lowest BCUT2D eigenvalue weighted by Gasteiger charge is -2.17. The van der Waals surface area contributed by atoms with Crippen molar-refractivity contribution in [3.8, 4) is 0 Å². The molecule has 20 heavy (non-hydrogen) atoms. The van der Waals surface area contributed by atoms with Crippen molar-refractivity contribution in [3.05, 3.63) is 65.2 Å². The van der Waals surface area contributed by atoms with E-state index in [-0.39, 0.29) is 5.82 Å². The zero-order valence-electron chi connectivity index (χ0n) is 11.7. The van der Waals surface area contributed by atoms with E-state index in [0.29, 0.717) is 18.7 Å². The lowest BCUT2D eigenvalue weighted by molar-refractivity contribution is 0.325. The molecule has 3 nitrogen and oxygen atoms in total. The molecule has 0 fully saturated rings. The Balaban J connectivity index is 1.89. The van der Waals surface area contributed by atoms with Crippen LogP contribution in [0.3, 0.4) is 0 Å². The van der Waals surface area contributed by atoms with Crippen molar-refractivity contribution in [2.45, 2.75) is 19.5 Å². The molecule has 0 atom stereocenters. The van der Waals surface area contributed by atoms with Crippen molar-refractivity contribution in [3.63, 3.8) is 0 Å². The fraction of sp³-hybridized carbons (Fsp3) is 0.312. The van der Waals surface area contributed by atoms with Gasteiger partial charge in [-0.25, -0.2) is 4.39 Å². The number of nitrogens with two attached hydrogens (primary N) is 1. The van der Waals surface area contributed by atoms with Crippen LogP contribution in [0.1, 0.15) is 16.7 Å². The Labute approximate surface area is 119 Å². The molecule has 0 aliphatic carbocycles. The van der Waals surface area contributed by atoms with Gasteiger partial charge in [0.2, 0.25) is 0 Å². The van der Waals surface area contributed by atoms with Crippen LogP contribution in [0.25, 0.3) is 0 Å². The smallest absolute Gasteiger partial charge is 0.128 e. The van der Waals surface area contributed by atoms with Gasteiger partial charge in [-0.1, -0.05) is 12.1 Å². The van der Waals surface area contributed by atoms with Gasteiger partial charge in [-0.2, -0.15) is 0 Å². The van der Waals surface area contributed by atoms with E-state index in [1.54, 1.807) is 12.4 Å². The maximum atomic E-state index is 13.9. The maximum absolute atomic E-state index is 13.9. The van der Waals surface area contributed by atoms with E-state index >= 15 is 0 Å². The van der Waals surface area contributed by atoms with Crippen molar-refractivity contribution in [1.82, 2.24) is 9.88 Å². The predicted molar refractivity (Wildman–Crippen MR) is 78.6 cm³/mol. The average Bonchev–Trinajstić information content (AvgIpc) is 2.48. The summed E-state index contributed by atoms with van der Waals surface area (Å²) in [6.45, 7) is 1.85. The SMILES string of the molecule is CN(CCc1ccncc1)Cc1ccc(CN)cc1F. The molecule has 1 heterocycles. The molecule has 106 valence electrons. The van der Waals surface area contributed by atoms with Gasteiger partial charge in [0, 0.05) is 37.6 Å². The number of rotatable bonds is 6. The van der Waals surface area contributed by atoms with Crippen molar-refractivity contribution < 1.29 is 4.39 Å². The summed E-state index contributed by atoms with van der Waals surface area (Å²) < 4.78 is 13.9. The van der Waals surface area contributed by atoms with Gasteiger partial charge in [-0.05, 0) is 42.8 Å². The zero-order valence-corrected chi connectivity index (χ0v) is 11.7. The Bertz CT molecular complexity index is 543. The topological polar surface area (TPSA) is 42.2 Å². The number of aromatic nitrogens is 1. The lowest BCUT2D eigenvalue weighted by Crippen LogP contribution is -2.21. The highest BCUT2D eigenvalue weighted by Gasteiger charge is 2.06. The Morgan fingerprint density at radius 3 is 2.55 bits per heavy atom. The highest BCUT2D eigenvalue weighted by atomic mass is 19.1. The van der Waals surface area contributed by atoms with Crippen molar-refractivity contribution in [2.75, 3.05) is 13.6 Å². The monoisotopic (exact) mass is 273 g/mol. The first-order chi connectivity index (χ1) is 9.69. The van der Waals surface area contributed by atoms with Gasteiger partial charge in [0.15, 0.2) is 0 Å². The molecule has 0 saturated heterocycles. The van der Waals surface area contributed by atoms with Crippen LogP contribution < -0.4 is 5.73 Å². The Morgan fingerprint density at radius 2 is 1.90 bits per heavy atom. The molecule has 0 bridgehead atoms. The van der Waals surface area contributed by atoms with Crippen LogP contribution in [0.5, 0.6) is 0 Å². The second-order valence-electron chi connectivity index (χ2n) is 4.97. The molecule has 2 aromatic rings. The summed E-state index contributed by atoms with van der Waals surface area (Å²) in [6.07, 6.45) is 4.52. The molecular formula is C16H20FN3. The third-order valence-electron chi connectivity index (χ3n) is 3.32. The van der Waals surface area contributed by atoms with Gasteiger partial charge < -0.3 is 10.6 Å². The summed E-state index contributed by atoms with van der Waals surface area (Å²) in [5.74, 6) is -0.177. The van der Waals surface area contributed by atoms with Crippen LogP contribution in [0.4, 0.5) is 4.39 Å². The second kappa shape index (κ2) is 7.12. The van der Waals surface area contributed by atoms with E-state index in [1.165, 1.54) is 11.6 Å². The van der Waals surface area contributed by atoms with E-state index in [4.69, 9.17) is 5.73 Å². The summed E-state index contributed by atoms with van der Waals surface area (Å²) in [5, 5.41) is 0. The number of halogens is 1. The van der Waals surface area contributed by atoms with E-state index in [2.05, 4.69) is 9.88 Å². The van der Waals surface area contributed by atoms with Crippen molar-refractivity contribution in [2.24, 2.45) is 5.73 Å². The normalized spacial score (nSPS) is 11.0. The number of benzene rings is 1. The highest BCUT2D eigenvalue weighted by Crippen LogP contribution is 2.12. The largest absolute Gasteiger partial charge is 0.326 e. The molecule has 1 aromatic carbocycles. The first-order valence-electron chi connectivity index (χ1n) is 6.74. The Kier molecular flexibility index (Phi) is 5.21. The molecular weight excluding hydrogens is 253 g/mol. The minimum absolute atomic E-state index is 0.177. The molecule has 4 heteroatoms. The molecule has 0 radical (unpaired) electrons. The van der Waals surface area contributed by atoms with Gasteiger partial charge in [0.25, 0.3) is 0 Å². The maximum Gasteiger partial charge on any atom is 0.128 e. The van der Waals surface area contributed by atoms with Gasteiger partial charge in [-0.15, -0.1) is 0 Å². The van der Waals surface area contributed by atoms with E-state index < -0.39 is 0 Å². The first-order valence-corrected chi connectivity index (χ1v) is 6.74. The molecule has 0 spiro atoms. The quantitative estimate of drug-likeness (QED) is 0.878. The minimum Gasteiger partial charge on any atom is -0.326 e. The molecule has 0 amide bonds. The average molecular weight is 273 g/mol. The van der Waals surface area contributed by atoms with E-state index in [1.807, 2.05) is 31.3 Å². The number of nitrogens with zero attached hydrogens (tertiary/aromatic N) is 2. The van der Waals surface area contributed by atoms with E-state index in [0.717, 1.165) is 18.5 Å². The summed E-state index contributed by atoms with van der Waals surface area (Å²) in [4.78, 5) is 6.11. The van der Waals surface area contributed by atoms with Gasteiger partial charge in [0.05, 0.1) is 0 Å². The molecule has 0 aliphatic rings. The molecule has 0 unspecified atom stereocenters. The highest BCUT2D eigenvalue weighted by molar-refractivity contribution is 5.24. The summed E-state index contributed by atoms with van der Waals surface area (Å²) in [5.41, 5.74) is 8.27. The van der Waals surface area contributed by atoms with Crippen LogP contribution in [0.2, 0.25) is 0 Å². The van der Waals surface area contributed by atoms with Crippen LogP contribution in [0, 0.1) is 5.82 Å². The van der Waals surface area contributed by atoms with E-state index in [9.17, 15) is 4.39 Å². The standard InChI is InChI=1S/C16H20FN3/c1-20(9-6-13-4-7-19-8-5-13)12-15-3-2-14(11-18)10-16(15)17/h2-5,7-8,10H,6,9,11-12,18H2,1H3. The molecule has 2 N–H and O–H groups in total. The molecule has 0 aliphatic heterocycles. The number of pyridine rings is 1. The van der Waals surface area contributed by atoms with Gasteiger partial charge >= 0.3 is 0 Å². The third-order valence-corrected chi connectivity index (χ3v) is 3.32. The summed E-state index contributed by atoms with van der Waals surface area (Å²) in [7, 11) is 2.00. The van der Waals surface area contributed by atoms with Crippen LogP contribution in [-0.2, 0) is 19.5 Å². The predicted octanol–water partition coefficient (Wildman–Crippen LogP) is 2.35. The number of hydrogen-bond donors (Lipinski definition) is 1. The molecule has 2 rings (SSSR count). The van der Waals surface area contributed by atoms with Crippen molar-refractivity contribution >= 4 is 0 Å². The number of likely N-dealkylation sites (N-methyl/N-ethyl adjacent to an activating group) is 1. The third kappa shape index (κ3) is 4.11. The van der Waals surface area contributed by atoms with Gasteiger partial charge in [0.1, 0.15) is 5.82 Å². The second-order valence-corrected chi connectivity index (χ2v) is 4.97. The first kappa shape index (κ1) is 14.6. The molecule has 1 aromatic heterocycles. The Morgan fingerprint density at radius 1 is 1.15 bits per heavy atom.